The molecule has 0 saturated heterocycles. The predicted molar refractivity (Wildman–Crippen MR) is 121 cm³/mol. The quantitative estimate of drug-likeness (QED) is 0.674. The van der Waals surface area contributed by atoms with Crippen molar-refractivity contribution in [2.45, 2.75) is 56.4 Å². The van der Waals surface area contributed by atoms with Crippen LogP contribution in [0.2, 0.25) is 0 Å². The molecule has 0 amide bonds. The van der Waals surface area contributed by atoms with E-state index in [9.17, 15) is 13.5 Å². The topological polar surface area (TPSA) is 63.6 Å². The first kappa shape index (κ1) is 19.3. The third-order valence-corrected chi connectivity index (χ3v) is 15.0. The molecule has 0 radical (unpaired) electrons. The third-order valence-electron chi connectivity index (χ3n) is 13.7. The molecule has 10 rings (SSSR count). The molecule has 5 heteroatoms. The second kappa shape index (κ2) is 5.27. The largest absolute Gasteiger partial charge is 0.388 e. The van der Waals surface area contributed by atoms with Crippen molar-refractivity contribution in [1.82, 2.24) is 0 Å². The van der Waals surface area contributed by atoms with Crippen LogP contribution in [-0.2, 0) is 14.3 Å². The summed E-state index contributed by atoms with van der Waals surface area (Å²) in [6, 6.07) is 7.02. The van der Waals surface area contributed by atoms with Crippen LogP contribution in [0.15, 0.2) is 29.2 Å². The van der Waals surface area contributed by atoms with Crippen molar-refractivity contribution < 1.29 is 17.7 Å². The van der Waals surface area contributed by atoms with Gasteiger partial charge in [0.15, 0.2) is 0 Å². The second-order valence-electron chi connectivity index (χ2n) is 13.6. The Bertz CT molecular complexity index is 1210. The van der Waals surface area contributed by atoms with E-state index in [2.05, 4.69) is 6.92 Å². The fourth-order valence-corrected chi connectivity index (χ4v) is 14.9. The fourth-order valence-electron chi connectivity index (χ4n) is 14.0. The lowest BCUT2D eigenvalue weighted by atomic mass is 9.43. The van der Waals surface area contributed by atoms with Crippen LogP contribution in [0.5, 0.6) is 0 Å². The lowest BCUT2D eigenvalue weighted by molar-refractivity contribution is -0.268. The van der Waals surface area contributed by atoms with Crippen molar-refractivity contribution >= 4 is 10.1 Å². The predicted octanol–water partition coefficient (Wildman–Crippen LogP) is 4.26. The maximum Gasteiger partial charge on any atom is 0.296 e. The van der Waals surface area contributed by atoms with Gasteiger partial charge < -0.3 is 5.11 Å². The van der Waals surface area contributed by atoms with Crippen LogP contribution in [0.3, 0.4) is 0 Å². The van der Waals surface area contributed by atoms with E-state index in [4.69, 9.17) is 4.18 Å². The van der Waals surface area contributed by atoms with Gasteiger partial charge in [-0.05, 0) is 110 Å². The summed E-state index contributed by atoms with van der Waals surface area (Å²) in [4.78, 5) is 0.250. The highest BCUT2D eigenvalue weighted by Gasteiger charge is 2.99. The van der Waals surface area contributed by atoms with Gasteiger partial charge in [0.2, 0.25) is 0 Å². The summed E-state index contributed by atoms with van der Waals surface area (Å²) in [5, 5.41) is 13.1. The highest BCUT2D eigenvalue weighted by atomic mass is 32.2. The van der Waals surface area contributed by atoms with Crippen molar-refractivity contribution in [1.29, 1.82) is 0 Å². The first-order chi connectivity index (χ1) is 15.8. The maximum absolute atomic E-state index is 13.4. The normalized spacial score (nSPS) is 61.7. The zero-order chi connectivity index (χ0) is 22.3. The summed E-state index contributed by atoms with van der Waals surface area (Å²) in [6.45, 7) is 4.64. The van der Waals surface area contributed by atoms with E-state index in [1.807, 2.05) is 19.1 Å². The van der Waals surface area contributed by atoms with Crippen molar-refractivity contribution in [3.8, 4) is 0 Å². The molecule has 0 aliphatic heterocycles. The van der Waals surface area contributed by atoms with Crippen molar-refractivity contribution in [2.75, 3.05) is 6.61 Å². The fraction of sp³-hybridized carbons (Fsp3) is 0.786. The maximum atomic E-state index is 13.4. The molecular formula is C28H34O4S. The van der Waals surface area contributed by atoms with E-state index in [0.29, 0.717) is 47.3 Å². The minimum Gasteiger partial charge on any atom is -0.388 e. The number of benzene rings is 1. The van der Waals surface area contributed by atoms with E-state index in [-0.39, 0.29) is 22.3 Å². The highest BCUT2D eigenvalue weighted by molar-refractivity contribution is 7.86. The first-order valence-electron chi connectivity index (χ1n) is 13.5. The molecule has 1 aromatic rings. The van der Waals surface area contributed by atoms with Crippen molar-refractivity contribution in [3.63, 3.8) is 0 Å². The average Bonchev–Trinajstić information content (AvgIpc) is 3.55. The summed E-state index contributed by atoms with van der Waals surface area (Å²) < 4.78 is 32.8. The van der Waals surface area contributed by atoms with Gasteiger partial charge in [0, 0.05) is 10.8 Å². The molecule has 33 heavy (non-hydrogen) atoms. The van der Waals surface area contributed by atoms with Gasteiger partial charge in [-0.15, -0.1) is 0 Å². The smallest absolute Gasteiger partial charge is 0.296 e. The first-order valence-corrected chi connectivity index (χ1v) is 14.9. The van der Waals surface area contributed by atoms with Crippen molar-refractivity contribution in [2.24, 2.45) is 75.9 Å². The minimum atomic E-state index is -3.85. The van der Waals surface area contributed by atoms with E-state index in [1.165, 1.54) is 25.7 Å². The zero-order valence-corrected chi connectivity index (χ0v) is 20.3. The molecule has 176 valence electrons. The van der Waals surface area contributed by atoms with E-state index < -0.39 is 15.7 Å². The van der Waals surface area contributed by atoms with Crippen molar-refractivity contribution in [3.05, 3.63) is 29.8 Å². The summed E-state index contributed by atoms with van der Waals surface area (Å²) in [5.41, 5.74) is -0.0802. The Kier molecular flexibility index (Phi) is 3.08. The lowest BCUT2D eigenvalue weighted by Crippen LogP contribution is -2.71. The average molecular weight is 467 g/mol. The molecule has 0 heterocycles. The number of rotatable bonds is 4. The van der Waals surface area contributed by atoms with Crippen LogP contribution >= 0.6 is 0 Å². The van der Waals surface area contributed by atoms with Crippen LogP contribution in [0.25, 0.3) is 0 Å². The molecule has 9 fully saturated rings. The molecule has 1 N–H and O–H groups in total. The van der Waals surface area contributed by atoms with Gasteiger partial charge in [0.1, 0.15) is 0 Å². The molecule has 0 aromatic heterocycles. The lowest BCUT2D eigenvalue weighted by Gasteiger charge is -2.64. The summed E-state index contributed by atoms with van der Waals surface area (Å²) in [5.74, 6) is 6.98. The monoisotopic (exact) mass is 466 g/mol. The standard InChI is InChI=1S/C28H34O4S/c1-13-6-8-14(9-7-13)33(30,31)32-12-27-23-16-5-3-4-15(16)22-20(23)21-24(27)17-10-11-18-19(17)25(21)26(22,2)28(18,27)29/h6-9,15-25,29H,3-5,10-12H2,1-2H3/t15-,16+,17-,18-,19+,20+,21+,22-,23-,24+,25+,26-,27-,28-/m0/s1. The van der Waals surface area contributed by atoms with Crippen LogP contribution < -0.4 is 0 Å². The Hall–Kier alpha value is -0.910. The molecular weight excluding hydrogens is 432 g/mol. The van der Waals surface area contributed by atoms with Gasteiger partial charge >= 0.3 is 0 Å². The highest BCUT2D eigenvalue weighted by Crippen LogP contribution is 2.98. The molecule has 4 nitrogen and oxygen atoms in total. The van der Waals surface area contributed by atoms with E-state index in [1.54, 1.807) is 12.1 Å². The zero-order valence-electron chi connectivity index (χ0n) is 19.5. The van der Waals surface area contributed by atoms with Gasteiger partial charge in [-0.1, -0.05) is 31.0 Å². The molecule has 0 unspecified atom stereocenters. The Morgan fingerprint density at radius 1 is 0.909 bits per heavy atom. The molecule has 9 saturated carbocycles. The summed E-state index contributed by atoms with van der Waals surface area (Å²) >= 11 is 0. The van der Waals surface area contributed by atoms with Gasteiger partial charge in [-0.25, -0.2) is 0 Å². The van der Waals surface area contributed by atoms with E-state index in [0.717, 1.165) is 29.7 Å². The number of fused-ring (bicyclic) bond motifs is 1. The van der Waals surface area contributed by atoms with Gasteiger partial charge in [-0.3, -0.25) is 4.18 Å². The number of hydrogen-bond donors (Lipinski definition) is 1. The molecule has 9 bridgehead atoms. The number of hydrogen-bond acceptors (Lipinski definition) is 4. The van der Waals surface area contributed by atoms with E-state index >= 15 is 0 Å². The minimum absolute atomic E-state index is 0.0272. The van der Waals surface area contributed by atoms with Crippen LogP contribution in [-0.4, -0.2) is 25.7 Å². The Labute approximate surface area is 196 Å². The van der Waals surface area contributed by atoms with Crippen LogP contribution in [0.1, 0.15) is 44.6 Å². The summed E-state index contributed by atoms with van der Waals surface area (Å²) in [7, 11) is -3.85. The molecule has 1 aromatic carbocycles. The Balaban J connectivity index is 1.22. The number of aryl methyl sites for hydroxylation is 1. The molecule has 0 spiro atoms. The Morgan fingerprint density at radius 3 is 2.33 bits per heavy atom. The third kappa shape index (κ3) is 1.58. The van der Waals surface area contributed by atoms with Crippen LogP contribution in [0, 0.1) is 82.9 Å². The Morgan fingerprint density at radius 2 is 1.58 bits per heavy atom. The second-order valence-corrected chi connectivity index (χ2v) is 15.2. The SMILES string of the molecule is Cc1ccc(S(=O)(=O)OC[C@@]23[C@@H]4[C@H]5CC[C@H]6[C@@H]5[C@@H]5[C@@H]4[C@@H]4[C@H]([C@H]7CCC[C@H]7[C@@H]42)[C@]5(C)[C@@]63O)cc1. The molecule has 9 aliphatic rings. The van der Waals surface area contributed by atoms with Gasteiger partial charge in [0.25, 0.3) is 10.1 Å². The molecule has 9 aliphatic carbocycles. The summed E-state index contributed by atoms with van der Waals surface area (Å²) in [6.07, 6.45) is 6.32. The number of aliphatic hydroxyl groups is 1. The molecule has 14 atom stereocenters. The van der Waals surface area contributed by atoms with Gasteiger partial charge in [0.05, 0.1) is 17.1 Å². The van der Waals surface area contributed by atoms with Crippen LogP contribution in [0.4, 0.5) is 0 Å². The van der Waals surface area contributed by atoms with Gasteiger partial charge in [-0.2, -0.15) is 8.42 Å².